The summed E-state index contributed by atoms with van der Waals surface area (Å²) in [6.07, 6.45) is 2.38. The zero-order valence-electron chi connectivity index (χ0n) is 13.7. The van der Waals surface area contributed by atoms with E-state index in [0.29, 0.717) is 12.3 Å². The Kier molecular flexibility index (Phi) is 3.13. The van der Waals surface area contributed by atoms with Crippen LogP contribution in [0.4, 0.5) is 0 Å². The molecule has 2 N–H and O–H groups in total. The fraction of sp³-hybridized carbons (Fsp3) is 0.200. The van der Waals surface area contributed by atoms with E-state index >= 15 is 0 Å². The van der Waals surface area contributed by atoms with E-state index in [0.717, 1.165) is 46.4 Å². The lowest BCUT2D eigenvalue weighted by molar-refractivity contribution is -0.134. The molecule has 0 saturated carbocycles. The number of H-pyrrole nitrogens is 2. The van der Waals surface area contributed by atoms with Crippen molar-refractivity contribution in [1.29, 1.82) is 0 Å². The van der Waals surface area contributed by atoms with Gasteiger partial charge in [0.1, 0.15) is 5.82 Å². The number of nitrogens with one attached hydrogen (secondary N) is 2. The first-order valence-corrected chi connectivity index (χ1v) is 8.55. The second kappa shape index (κ2) is 5.48. The van der Waals surface area contributed by atoms with Crippen LogP contribution in [-0.4, -0.2) is 38.8 Å². The second-order valence-electron chi connectivity index (χ2n) is 6.67. The van der Waals surface area contributed by atoms with Crippen molar-refractivity contribution in [2.75, 3.05) is 13.1 Å². The fourth-order valence-electron chi connectivity index (χ4n) is 3.57. The summed E-state index contributed by atoms with van der Waals surface area (Å²) in [5.41, 5.74) is 4.18. The predicted octanol–water partition coefficient (Wildman–Crippen LogP) is 3.21. The molecule has 4 aromatic rings. The largest absolute Gasteiger partial charge is 0.361 e. The molecule has 0 spiro atoms. The molecule has 2 aromatic heterocycles. The standard InChI is InChI=1S/C20H18N4O/c25-19(9-13-10-21-16-6-2-1-5-15(13)16)24-11-14(12-24)20-22-17-7-3-4-8-18(17)23-20/h1-8,10,14,21H,9,11-12H2,(H,22,23). The summed E-state index contributed by atoms with van der Waals surface area (Å²) in [4.78, 5) is 25.7. The normalized spacial score (nSPS) is 15.0. The number of aromatic amines is 2. The molecule has 25 heavy (non-hydrogen) atoms. The van der Waals surface area contributed by atoms with Gasteiger partial charge in [-0.05, 0) is 23.8 Å². The van der Waals surface area contributed by atoms with Crippen molar-refractivity contribution in [2.45, 2.75) is 12.3 Å². The van der Waals surface area contributed by atoms with Gasteiger partial charge in [-0.15, -0.1) is 0 Å². The maximum absolute atomic E-state index is 12.6. The van der Waals surface area contributed by atoms with Crippen molar-refractivity contribution in [1.82, 2.24) is 19.9 Å². The number of benzene rings is 2. The van der Waals surface area contributed by atoms with Gasteiger partial charge in [0.05, 0.1) is 23.4 Å². The third kappa shape index (κ3) is 2.39. The molecule has 124 valence electrons. The van der Waals surface area contributed by atoms with Crippen LogP contribution >= 0.6 is 0 Å². The van der Waals surface area contributed by atoms with E-state index in [1.807, 2.05) is 53.6 Å². The number of para-hydroxylation sites is 3. The van der Waals surface area contributed by atoms with Gasteiger partial charge in [-0.2, -0.15) is 0 Å². The molecule has 1 amide bonds. The van der Waals surface area contributed by atoms with Crippen molar-refractivity contribution in [2.24, 2.45) is 0 Å². The Morgan fingerprint density at radius 2 is 1.84 bits per heavy atom. The van der Waals surface area contributed by atoms with Crippen LogP contribution in [0.5, 0.6) is 0 Å². The summed E-state index contributed by atoms with van der Waals surface area (Å²) < 4.78 is 0. The highest BCUT2D eigenvalue weighted by Crippen LogP contribution is 2.28. The third-order valence-electron chi connectivity index (χ3n) is 5.05. The molecular formula is C20H18N4O. The minimum absolute atomic E-state index is 0.178. The van der Waals surface area contributed by atoms with E-state index in [1.54, 1.807) is 0 Å². The lowest BCUT2D eigenvalue weighted by atomic mass is 9.98. The van der Waals surface area contributed by atoms with Gasteiger partial charge in [0.15, 0.2) is 0 Å². The van der Waals surface area contributed by atoms with Crippen molar-refractivity contribution in [3.05, 3.63) is 66.1 Å². The van der Waals surface area contributed by atoms with E-state index in [-0.39, 0.29) is 5.91 Å². The molecule has 1 saturated heterocycles. The average molecular weight is 330 g/mol. The molecule has 3 heterocycles. The number of carbonyl (C=O) groups is 1. The number of hydrogen-bond acceptors (Lipinski definition) is 2. The Hall–Kier alpha value is -3.08. The number of likely N-dealkylation sites (tertiary alicyclic amines) is 1. The first-order chi connectivity index (χ1) is 12.3. The number of nitrogens with zero attached hydrogens (tertiary/aromatic N) is 2. The monoisotopic (exact) mass is 330 g/mol. The molecular weight excluding hydrogens is 312 g/mol. The van der Waals surface area contributed by atoms with Crippen LogP contribution in [0.3, 0.4) is 0 Å². The zero-order chi connectivity index (χ0) is 16.8. The van der Waals surface area contributed by atoms with Crippen molar-refractivity contribution in [3.8, 4) is 0 Å². The van der Waals surface area contributed by atoms with E-state index < -0.39 is 0 Å². The zero-order valence-corrected chi connectivity index (χ0v) is 13.7. The van der Waals surface area contributed by atoms with Gasteiger partial charge in [-0.3, -0.25) is 4.79 Å². The second-order valence-corrected chi connectivity index (χ2v) is 6.67. The van der Waals surface area contributed by atoms with Gasteiger partial charge < -0.3 is 14.9 Å². The smallest absolute Gasteiger partial charge is 0.227 e. The molecule has 1 aliphatic rings. The highest BCUT2D eigenvalue weighted by molar-refractivity contribution is 5.89. The molecule has 5 nitrogen and oxygen atoms in total. The Bertz CT molecular complexity index is 1040. The number of amides is 1. The molecule has 0 radical (unpaired) electrons. The molecule has 1 fully saturated rings. The lowest BCUT2D eigenvalue weighted by Crippen LogP contribution is -2.49. The van der Waals surface area contributed by atoms with E-state index in [4.69, 9.17) is 0 Å². The highest BCUT2D eigenvalue weighted by Gasteiger charge is 2.33. The van der Waals surface area contributed by atoms with Crippen LogP contribution in [-0.2, 0) is 11.2 Å². The molecule has 2 aromatic carbocycles. The summed E-state index contributed by atoms with van der Waals surface area (Å²) >= 11 is 0. The van der Waals surface area contributed by atoms with Crippen LogP contribution in [0, 0.1) is 0 Å². The maximum Gasteiger partial charge on any atom is 0.227 e. The first kappa shape index (κ1) is 14.3. The molecule has 1 aliphatic heterocycles. The number of fused-ring (bicyclic) bond motifs is 2. The number of aromatic nitrogens is 3. The topological polar surface area (TPSA) is 64.8 Å². The first-order valence-electron chi connectivity index (χ1n) is 8.55. The highest BCUT2D eigenvalue weighted by atomic mass is 16.2. The summed E-state index contributed by atoms with van der Waals surface area (Å²) in [6, 6.07) is 16.1. The minimum Gasteiger partial charge on any atom is -0.361 e. The number of rotatable bonds is 3. The van der Waals surface area contributed by atoms with E-state index in [2.05, 4.69) is 21.0 Å². The average Bonchev–Trinajstić information content (AvgIpc) is 3.18. The molecule has 5 heteroatoms. The van der Waals surface area contributed by atoms with Gasteiger partial charge in [-0.1, -0.05) is 30.3 Å². The van der Waals surface area contributed by atoms with Gasteiger partial charge in [0.25, 0.3) is 0 Å². The van der Waals surface area contributed by atoms with E-state index in [9.17, 15) is 4.79 Å². The molecule has 5 rings (SSSR count). The molecule has 0 aliphatic carbocycles. The Morgan fingerprint density at radius 3 is 2.68 bits per heavy atom. The van der Waals surface area contributed by atoms with E-state index in [1.165, 1.54) is 0 Å². The summed E-state index contributed by atoms with van der Waals surface area (Å²) in [5, 5.41) is 1.13. The number of carbonyl (C=O) groups excluding carboxylic acids is 1. The quantitative estimate of drug-likeness (QED) is 0.606. The summed E-state index contributed by atoms with van der Waals surface area (Å²) in [5.74, 6) is 1.47. The van der Waals surface area contributed by atoms with Gasteiger partial charge in [0, 0.05) is 30.2 Å². The number of imidazole rings is 1. The Balaban J connectivity index is 1.27. The number of hydrogen-bond donors (Lipinski definition) is 2. The van der Waals surface area contributed by atoms with Crippen LogP contribution in [0.2, 0.25) is 0 Å². The summed E-state index contributed by atoms with van der Waals surface area (Å²) in [6.45, 7) is 1.47. The summed E-state index contributed by atoms with van der Waals surface area (Å²) in [7, 11) is 0. The molecule has 0 unspecified atom stereocenters. The van der Waals surface area contributed by atoms with Gasteiger partial charge in [0.2, 0.25) is 5.91 Å². The van der Waals surface area contributed by atoms with Crippen molar-refractivity contribution in [3.63, 3.8) is 0 Å². The van der Waals surface area contributed by atoms with Crippen molar-refractivity contribution >= 4 is 27.8 Å². The van der Waals surface area contributed by atoms with Gasteiger partial charge >= 0.3 is 0 Å². The van der Waals surface area contributed by atoms with Crippen LogP contribution in [0.1, 0.15) is 17.3 Å². The Morgan fingerprint density at radius 1 is 1.08 bits per heavy atom. The van der Waals surface area contributed by atoms with Crippen LogP contribution < -0.4 is 0 Å². The van der Waals surface area contributed by atoms with Crippen LogP contribution in [0.25, 0.3) is 21.9 Å². The minimum atomic E-state index is 0.178. The molecule has 0 bridgehead atoms. The van der Waals surface area contributed by atoms with Gasteiger partial charge in [-0.25, -0.2) is 4.98 Å². The lowest BCUT2D eigenvalue weighted by Gasteiger charge is -2.38. The van der Waals surface area contributed by atoms with Crippen LogP contribution in [0.15, 0.2) is 54.7 Å². The fourth-order valence-corrected chi connectivity index (χ4v) is 3.57. The van der Waals surface area contributed by atoms with Crippen molar-refractivity contribution < 1.29 is 4.79 Å². The molecule has 0 atom stereocenters. The Labute approximate surface area is 144 Å². The SMILES string of the molecule is O=C(Cc1c[nH]c2ccccc12)N1CC(c2nc3ccccc3[nH]2)C1. The maximum atomic E-state index is 12.6. The third-order valence-corrected chi connectivity index (χ3v) is 5.05. The predicted molar refractivity (Wildman–Crippen MR) is 97.4 cm³/mol.